The lowest BCUT2D eigenvalue weighted by Gasteiger charge is -2.10. The summed E-state index contributed by atoms with van der Waals surface area (Å²) in [6.45, 7) is 13.3. The summed E-state index contributed by atoms with van der Waals surface area (Å²) in [5.74, 6) is 3.27. The quantitative estimate of drug-likeness (QED) is 0.390. The van der Waals surface area contributed by atoms with E-state index in [-0.39, 0.29) is 27.7 Å². The summed E-state index contributed by atoms with van der Waals surface area (Å²) in [6, 6.07) is 0. The molecule has 0 aromatic rings. The minimum atomic E-state index is -1.13. The molecule has 0 aromatic heterocycles. The van der Waals surface area contributed by atoms with Gasteiger partial charge >= 0.3 is 0 Å². The van der Waals surface area contributed by atoms with E-state index in [2.05, 4.69) is 51.9 Å². The highest BCUT2D eigenvalue weighted by Crippen LogP contribution is 2.11. The second-order valence-electron chi connectivity index (χ2n) is 4.75. The first-order valence-electron chi connectivity index (χ1n) is 3.75. The average Bonchev–Trinajstić information content (AvgIpc) is 1.57. The van der Waals surface area contributed by atoms with Crippen LogP contribution in [-0.2, 0) is 0 Å². The predicted octanol–water partition coefficient (Wildman–Crippen LogP) is 4.82. The van der Waals surface area contributed by atoms with Crippen LogP contribution in [0.1, 0.15) is 43.1 Å². The van der Waals surface area contributed by atoms with Gasteiger partial charge in [0.1, 0.15) is 8.07 Å². The zero-order chi connectivity index (χ0) is 8.41. The smallest absolute Gasteiger partial charge is 0.129 e. The summed E-state index contributed by atoms with van der Waals surface area (Å²) < 4.78 is 0. The van der Waals surface area contributed by atoms with Crippen LogP contribution in [0.15, 0.2) is 0 Å². The summed E-state index contributed by atoms with van der Waals surface area (Å²) in [6.07, 6.45) is 0. The molecule has 0 spiro atoms. The molecule has 0 aliphatic rings. The van der Waals surface area contributed by atoms with E-state index in [1.54, 1.807) is 0 Å². The van der Waals surface area contributed by atoms with Gasteiger partial charge in [-0.3, -0.25) is 0 Å². The zero-order valence-electron chi connectivity index (χ0n) is 8.00. The number of hydrogen-bond donors (Lipinski definition) is 0. The van der Waals surface area contributed by atoms with Gasteiger partial charge in [0.25, 0.3) is 0 Å². The minimum Gasteiger partial charge on any atom is -0.131 e. The van der Waals surface area contributed by atoms with Crippen molar-refractivity contribution < 1.29 is 0 Å². The summed E-state index contributed by atoms with van der Waals surface area (Å²) in [5, 5.41) is 0. The largest absolute Gasteiger partial charge is 0.131 e. The third-order valence-electron chi connectivity index (χ3n) is 0.812. The van der Waals surface area contributed by atoms with Crippen LogP contribution in [0.3, 0.4) is 0 Å². The molecule has 0 bridgehead atoms. The standard InChI is InChI=1S/C9H18Si.3CH4/c1-9(2,3)7-8-10(4,5)6;;;/h1-6H3;3*1H4. The Hall–Kier alpha value is -0.223. The monoisotopic (exact) mass is 202 g/mol. The van der Waals surface area contributed by atoms with Crippen molar-refractivity contribution in [2.45, 2.75) is 62.7 Å². The Morgan fingerprint density at radius 1 is 0.846 bits per heavy atom. The molecule has 1 heteroatoms. The van der Waals surface area contributed by atoms with Crippen LogP contribution in [0.2, 0.25) is 19.6 Å². The lowest BCUT2D eigenvalue weighted by molar-refractivity contribution is 0.571. The normalized spacial score (nSPS) is 9.38. The molecule has 0 nitrogen and oxygen atoms in total. The highest BCUT2D eigenvalue weighted by Gasteiger charge is 2.10. The van der Waals surface area contributed by atoms with Gasteiger partial charge in [-0.1, -0.05) is 41.9 Å². The van der Waals surface area contributed by atoms with E-state index in [0.29, 0.717) is 0 Å². The molecule has 0 unspecified atom stereocenters. The lowest BCUT2D eigenvalue weighted by atomic mass is 9.99. The third kappa shape index (κ3) is 24.5. The minimum absolute atomic E-state index is 0. The number of rotatable bonds is 0. The maximum absolute atomic E-state index is 3.35. The van der Waals surface area contributed by atoms with Crippen molar-refractivity contribution in [3.63, 3.8) is 0 Å². The van der Waals surface area contributed by atoms with E-state index in [9.17, 15) is 0 Å². The van der Waals surface area contributed by atoms with Gasteiger partial charge in [0.15, 0.2) is 0 Å². The van der Waals surface area contributed by atoms with Crippen LogP contribution in [0.5, 0.6) is 0 Å². The molecule has 0 heterocycles. The summed E-state index contributed by atoms with van der Waals surface area (Å²) in [4.78, 5) is 0. The van der Waals surface area contributed by atoms with Gasteiger partial charge in [-0.15, -0.1) is 11.5 Å². The van der Waals surface area contributed by atoms with E-state index in [1.807, 2.05) is 0 Å². The summed E-state index contributed by atoms with van der Waals surface area (Å²) in [5.41, 5.74) is 3.53. The van der Waals surface area contributed by atoms with Gasteiger partial charge < -0.3 is 0 Å². The third-order valence-corrected chi connectivity index (χ3v) is 1.69. The molecule has 0 saturated heterocycles. The summed E-state index contributed by atoms with van der Waals surface area (Å²) in [7, 11) is -1.13. The molecule has 0 aromatic carbocycles. The van der Waals surface area contributed by atoms with E-state index >= 15 is 0 Å². The fourth-order valence-corrected chi connectivity index (χ4v) is 1.12. The Balaban J connectivity index is -0.000000135. The van der Waals surface area contributed by atoms with Crippen LogP contribution in [0.4, 0.5) is 0 Å². The molecule has 0 rings (SSSR count). The van der Waals surface area contributed by atoms with Gasteiger partial charge in [0.2, 0.25) is 0 Å². The predicted molar refractivity (Wildman–Crippen MR) is 70.8 cm³/mol. The molecule has 0 radical (unpaired) electrons. The topological polar surface area (TPSA) is 0 Å². The first kappa shape index (κ1) is 23.0. The van der Waals surface area contributed by atoms with Crippen LogP contribution >= 0.6 is 0 Å². The summed E-state index contributed by atoms with van der Waals surface area (Å²) >= 11 is 0. The van der Waals surface area contributed by atoms with E-state index in [0.717, 1.165) is 0 Å². The van der Waals surface area contributed by atoms with Gasteiger partial charge in [-0.05, 0) is 20.8 Å². The molecule has 0 atom stereocenters. The van der Waals surface area contributed by atoms with E-state index in [4.69, 9.17) is 0 Å². The maximum Gasteiger partial charge on any atom is 0.129 e. The van der Waals surface area contributed by atoms with E-state index < -0.39 is 8.07 Å². The number of hydrogen-bond acceptors (Lipinski definition) is 0. The molecule has 0 aliphatic heterocycles. The van der Waals surface area contributed by atoms with E-state index in [1.165, 1.54) is 0 Å². The molecule has 13 heavy (non-hydrogen) atoms. The van der Waals surface area contributed by atoms with Gasteiger partial charge in [0, 0.05) is 5.41 Å². The molecule has 0 saturated carbocycles. The van der Waals surface area contributed by atoms with Gasteiger partial charge in [-0.25, -0.2) is 0 Å². The maximum atomic E-state index is 3.35. The molecular weight excluding hydrogens is 172 g/mol. The molecule has 82 valence electrons. The van der Waals surface area contributed by atoms with Crippen molar-refractivity contribution in [3.05, 3.63) is 0 Å². The van der Waals surface area contributed by atoms with Crippen LogP contribution in [0.25, 0.3) is 0 Å². The van der Waals surface area contributed by atoms with Crippen molar-refractivity contribution in [2.24, 2.45) is 5.41 Å². The molecule has 0 fully saturated rings. The van der Waals surface area contributed by atoms with Crippen molar-refractivity contribution >= 4 is 8.07 Å². The van der Waals surface area contributed by atoms with Gasteiger partial charge in [0.05, 0.1) is 0 Å². The highest BCUT2D eigenvalue weighted by molar-refractivity contribution is 6.83. The average molecular weight is 202 g/mol. The first-order chi connectivity index (χ1) is 4.21. The lowest BCUT2D eigenvalue weighted by Crippen LogP contribution is -2.17. The first-order valence-corrected chi connectivity index (χ1v) is 7.25. The SMILES string of the molecule is C.C.C.CC(C)(C)C#C[Si](C)(C)C. The second-order valence-corrected chi connectivity index (χ2v) is 9.50. The molecule has 0 aliphatic carbocycles. The van der Waals surface area contributed by atoms with Crippen LogP contribution in [-0.4, -0.2) is 8.07 Å². The van der Waals surface area contributed by atoms with Crippen molar-refractivity contribution in [2.75, 3.05) is 0 Å². The Labute approximate surface area is 88.2 Å². The Morgan fingerprint density at radius 3 is 1.23 bits per heavy atom. The fourth-order valence-electron chi connectivity index (χ4n) is 0.375. The van der Waals surface area contributed by atoms with Gasteiger partial charge in [-0.2, -0.15) is 0 Å². The van der Waals surface area contributed by atoms with Crippen molar-refractivity contribution in [1.82, 2.24) is 0 Å². The van der Waals surface area contributed by atoms with Crippen molar-refractivity contribution in [1.29, 1.82) is 0 Å². The Morgan fingerprint density at radius 2 is 1.15 bits per heavy atom. The van der Waals surface area contributed by atoms with Crippen molar-refractivity contribution in [3.8, 4) is 11.5 Å². The molecular formula is C12H30Si. The Bertz CT molecular complexity index is 138. The van der Waals surface area contributed by atoms with Crippen LogP contribution < -0.4 is 0 Å². The Kier molecular flexibility index (Phi) is 12.8. The second kappa shape index (κ2) is 7.21. The molecule has 0 N–H and O–H groups in total. The van der Waals surface area contributed by atoms with Crippen LogP contribution in [0, 0.1) is 16.9 Å². The zero-order valence-corrected chi connectivity index (χ0v) is 9.00. The fraction of sp³-hybridized carbons (Fsp3) is 0.833. The highest BCUT2D eigenvalue weighted by atomic mass is 28.3. The molecule has 0 amide bonds.